The number of hydrogen-bond donors (Lipinski definition) is 3. The lowest BCUT2D eigenvalue weighted by molar-refractivity contribution is -1.02. The van der Waals surface area contributed by atoms with Crippen molar-refractivity contribution in [3.8, 4) is 0 Å². The molecule has 1 saturated heterocycles. The highest BCUT2D eigenvalue weighted by atomic mass is 35.5. The number of anilines is 1. The highest BCUT2D eigenvalue weighted by Gasteiger charge is 2.31. The monoisotopic (exact) mass is 377 g/mol. The molecule has 0 saturated carbocycles. The van der Waals surface area contributed by atoms with Crippen molar-refractivity contribution in [3.05, 3.63) is 64.9 Å². The summed E-state index contributed by atoms with van der Waals surface area (Å²) in [6.07, 6.45) is 0. The summed E-state index contributed by atoms with van der Waals surface area (Å²) in [7, 11) is 0. The SMILES string of the molecule is C[C@@H](C(=O)Nc1ccc(F)cc1Cl)[NH+]1CC[NH+](Cc2ccccc2)CC1. The van der Waals surface area contributed by atoms with Gasteiger partial charge in [-0.1, -0.05) is 41.9 Å². The number of benzene rings is 2. The second kappa shape index (κ2) is 8.62. The van der Waals surface area contributed by atoms with Gasteiger partial charge in [-0.25, -0.2) is 4.39 Å². The van der Waals surface area contributed by atoms with Gasteiger partial charge in [-0.05, 0) is 25.1 Å². The lowest BCUT2D eigenvalue weighted by Crippen LogP contribution is -3.29. The number of halogens is 2. The molecule has 2 aromatic rings. The van der Waals surface area contributed by atoms with E-state index in [9.17, 15) is 9.18 Å². The zero-order valence-electron chi connectivity index (χ0n) is 14.9. The second-order valence-electron chi connectivity index (χ2n) is 6.91. The first-order valence-electron chi connectivity index (χ1n) is 9.01. The van der Waals surface area contributed by atoms with E-state index < -0.39 is 5.82 Å². The minimum atomic E-state index is -0.413. The summed E-state index contributed by atoms with van der Waals surface area (Å²) in [5.74, 6) is -0.496. The van der Waals surface area contributed by atoms with Crippen molar-refractivity contribution in [2.45, 2.75) is 19.5 Å². The number of nitrogens with one attached hydrogen (secondary N) is 3. The fraction of sp³-hybridized carbons (Fsp3) is 0.350. The molecule has 1 heterocycles. The average molecular weight is 378 g/mol. The molecule has 1 amide bonds. The van der Waals surface area contributed by atoms with E-state index in [2.05, 4.69) is 29.6 Å². The van der Waals surface area contributed by atoms with Gasteiger partial charge in [0.2, 0.25) is 0 Å². The molecular formula is C20H25ClFN3O+2. The molecule has 1 aliphatic heterocycles. The van der Waals surface area contributed by atoms with E-state index in [0.29, 0.717) is 5.69 Å². The maximum atomic E-state index is 13.1. The van der Waals surface area contributed by atoms with Crippen molar-refractivity contribution < 1.29 is 19.0 Å². The third kappa shape index (κ3) is 4.81. The minimum Gasteiger partial charge on any atom is -0.322 e. The molecule has 1 fully saturated rings. The Bertz CT molecular complexity index is 748. The topological polar surface area (TPSA) is 38.0 Å². The van der Waals surface area contributed by atoms with Gasteiger partial charge in [-0.15, -0.1) is 0 Å². The molecule has 0 aliphatic carbocycles. The number of carbonyl (C=O) groups excluding carboxylic acids is 1. The van der Waals surface area contributed by atoms with Gasteiger partial charge < -0.3 is 15.1 Å². The van der Waals surface area contributed by atoms with Crippen LogP contribution < -0.4 is 15.1 Å². The fourth-order valence-electron chi connectivity index (χ4n) is 3.44. The Morgan fingerprint density at radius 3 is 2.50 bits per heavy atom. The molecule has 0 radical (unpaired) electrons. The van der Waals surface area contributed by atoms with Crippen LogP contribution in [0.5, 0.6) is 0 Å². The van der Waals surface area contributed by atoms with Crippen molar-refractivity contribution in [1.29, 1.82) is 0 Å². The third-order valence-corrected chi connectivity index (χ3v) is 5.40. The van der Waals surface area contributed by atoms with E-state index in [0.717, 1.165) is 32.7 Å². The molecule has 0 bridgehead atoms. The van der Waals surface area contributed by atoms with E-state index in [1.165, 1.54) is 28.7 Å². The molecule has 6 heteroatoms. The highest BCUT2D eigenvalue weighted by Crippen LogP contribution is 2.22. The largest absolute Gasteiger partial charge is 0.322 e. The Morgan fingerprint density at radius 2 is 1.85 bits per heavy atom. The third-order valence-electron chi connectivity index (χ3n) is 5.09. The first-order chi connectivity index (χ1) is 12.5. The summed E-state index contributed by atoms with van der Waals surface area (Å²) in [5.41, 5.74) is 1.81. The maximum Gasteiger partial charge on any atom is 0.282 e. The molecule has 4 nitrogen and oxygen atoms in total. The molecule has 26 heavy (non-hydrogen) atoms. The van der Waals surface area contributed by atoms with Crippen molar-refractivity contribution in [2.24, 2.45) is 0 Å². The van der Waals surface area contributed by atoms with Crippen LogP contribution >= 0.6 is 11.6 Å². The standard InChI is InChI=1S/C20H23ClFN3O/c1-15(20(26)23-19-8-7-17(22)13-18(19)21)25-11-9-24(10-12-25)14-16-5-3-2-4-6-16/h2-8,13,15H,9-12,14H2,1H3,(H,23,26)/p+2/t15-/m0/s1. The average Bonchev–Trinajstić information content (AvgIpc) is 2.65. The summed E-state index contributed by atoms with van der Waals surface area (Å²) < 4.78 is 13.1. The molecule has 1 aliphatic rings. The van der Waals surface area contributed by atoms with Crippen LogP contribution in [0, 0.1) is 5.82 Å². The molecule has 0 aromatic heterocycles. The van der Waals surface area contributed by atoms with Crippen LogP contribution in [0.4, 0.5) is 10.1 Å². The van der Waals surface area contributed by atoms with Crippen LogP contribution in [0.1, 0.15) is 12.5 Å². The molecular weight excluding hydrogens is 353 g/mol. The number of hydrogen-bond acceptors (Lipinski definition) is 1. The van der Waals surface area contributed by atoms with Gasteiger partial charge in [0.15, 0.2) is 6.04 Å². The molecule has 1 atom stereocenters. The molecule has 2 aromatic carbocycles. The van der Waals surface area contributed by atoms with Gasteiger partial charge in [-0.3, -0.25) is 4.79 Å². The van der Waals surface area contributed by atoms with Crippen LogP contribution in [0.15, 0.2) is 48.5 Å². The van der Waals surface area contributed by atoms with Crippen molar-refractivity contribution in [2.75, 3.05) is 31.5 Å². The van der Waals surface area contributed by atoms with Gasteiger partial charge in [0, 0.05) is 5.56 Å². The van der Waals surface area contributed by atoms with Crippen LogP contribution in [-0.2, 0) is 11.3 Å². The molecule has 138 valence electrons. The van der Waals surface area contributed by atoms with E-state index in [1.54, 1.807) is 4.90 Å². The number of quaternary nitrogens is 2. The van der Waals surface area contributed by atoms with E-state index in [-0.39, 0.29) is 17.0 Å². The smallest absolute Gasteiger partial charge is 0.282 e. The van der Waals surface area contributed by atoms with Crippen molar-refractivity contribution in [1.82, 2.24) is 0 Å². The lowest BCUT2D eigenvalue weighted by atomic mass is 10.1. The Hall–Kier alpha value is -1.95. The summed E-state index contributed by atoms with van der Waals surface area (Å²) in [4.78, 5) is 15.4. The highest BCUT2D eigenvalue weighted by molar-refractivity contribution is 6.33. The van der Waals surface area contributed by atoms with Gasteiger partial charge in [0.1, 0.15) is 38.5 Å². The molecule has 0 spiro atoms. The van der Waals surface area contributed by atoms with E-state index in [1.807, 2.05) is 13.0 Å². The number of piperazine rings is 1. The summed E-state index contributed by atoms with van der Waals surface area (Å²) in [6, 6.07) is 14.3. The normalized spacial score (nSPS) is 21.2. The Labute approximate surface area is 158 Å². The summed E-state index contributed by atoms with van der Waals surface area (Å²) in [6.45, 7) is 6.95. The lowest BCUT2D eigenvalue weighted by Gasteiger charge is -2.32. The zero-order valence-corrected chi connectivity index (χ0v) is 15.7. The van der Waals surface area contributed by atoms with Crippen molar-refractivity contribution in [3.63, 3.8) is 0 Å². The summed E-state index contributed by atoms with van der Waals surface area (Å²) >= 11 is 6.00. The molecule has 3 N–H and O–H groups in total. The van der Waals surface area contributed by atoms with Gasteiger partial charge in [0.05, 0.1) is 10.7 Å². The van der Waals surface area contributed by atoms with Crippen LogP contribution in [0.25, 0.3) is 0 Å². The Balaban J connectivity index is 1.51. The zero-order chi connectivity index (χ0) is 18.5. The molecule has 0 unspecified atom stereocenters. The van der Waals surface area contributed by atoms with Crippen LogP contribution in [-0.4, -0.2) is 38.1 Å². The number of amides is 1. The predicted molar refractivity (Wildman–Crippen MR) is 101 cm³/mol. The second-order valence-corrected chi connectivity index (χ2v) is 7.31. The van der Waals surface area contributed by atoms with E-state index in [4.69, 9.17) is 11.6 Å². The van der Waals surface area contributed by atoms with Gasteiger partial charge >= 0.3 is 0 Å². The minimum absolute atomic E-state index is 0.0833. The fourth-order valence-corrected chi connectivity index (χ4v) is 3.65. The first kappa shape index (κ1) is 18.8. The summed E-state index contributed by atoms with van der Waals surface area (Å²) in [5, 5.41) is 3.04. The maximum absolute atomic E-state index is 13.1. The van der Waals surface area contributed by atoms with Crippen LogP contribution in [0.3, 0.4) is 0 Å². The van der Waals surface area contributed by atoms with Gasteiger partial charge in [0.25, 0.3) is 5.91 Å². The Morgan fingerprint density at radius 1 is 1.15 bits per heavy atom. The first-order valence-corrected chi connectivity index (χ1v) is 9.38. The van der Waals surface area contributed by atoms with E-state index >= 15 is 0 Å². The van der Waals surface area contributed by atoms with Crippen molar-refractivity contribution >= 4 is 23.2 Å². The van der Waals surface area contributed by atoms with Crippen LogP contribution in [0.2, 0.25) is 5.02 Å². The Kier molecular flexibility index (Phi) is 6.25. The predicted octanol–water partition coefficient (Wildman–Crippen LogP) is 0.790. The quantitative estimate of drug-likeness (QED) is 0.708. The molecule has 3 rings (SSSR count). The number of carbonyl (C=O) groups is 1. The van der Waals surface area contributed by atoms with Gasteiger partial charge in [-0.2, -0.15) is 0 Å². The number of rotatable bonds is 5.